The number of hydrogen-bond donors (Lipinski definition) is 1. The fourth-order valence-corrected chi connectivity index (χ4v) is 7.03. The van der Waals surface area contributed by atoms with Gasteiger partial charge in [0.1, 0.15) is 0 Å². The predicted molar refractivity (Wildman–Crippen MR) is 174 cm³/mol. The van der Waals surface area contributed by atoms with E-state index in [0.717, 1.165) is 39.2 Å². The van der Waals surface area contributed by atoms with Crippen LogP contribution in [0.25, 0.3) is 11.3 Å². The van der Waals surface area contributed by atoms with Crippen molar-refractivity contribution in [2.75, 3.05) is 0 Å². The van der Waals surface area contributed by atoms with E-state index < -0.39 is 5.92 Å². The molecular formula is C38H28Cl2N2O. The molecule has 0 bridgehead atoms. The van der Waals surface area contributed by atoms with Crippen LogP contribution in [-0.2, 0) is 0 Å². The fraction of sp³-hybridized carbons (Fsp3) is 0.105. The lowest BCUT2D eigenvalue weighted by molar-refractivity contribution is 0.0870. The van der Waals surface area contributed by atoms with Gasteiger partial charge in [0.2, 0.25) is 0 Å². The Bertz CT molecular complexity index is 1850. The van der Waals surface area contributed by atoms with Crippen molar-refractivity contribution in [3.8, 4) is 11.3 Å². The Hall–Kier alpha value is -4.44. The molecule has 6 aromatic rings. The quantitative estimate of drug-likeness (QED) is 0.194. The molecule has 4 unspecified atom stereocenters. The standard InChI is InChI=1S/C38H28Cl2N2O/c39-29-20-16-25(17-21-29)31-33(24-10-4-1-5-11-24)37-35(36(41-42-37)27-12-6-2-7-13-27)32(26-18-22-30(40)23-19-26)34(31)38(43)28-14-8-3-9-15-28/h1-23,31-34H,(H,41,42). The number of nitrogens with zero attached hydrogens (tertiary/aromatic N) is 1. The average molecular weight is 600 g/mol. The predicted octanol–water partition coefficient (Wildman–Crippen LogP) is 9.94. The molecule has 0 saturated heterocycles. The van der Waals surface area contributed by atoms with Crippen LogP contribution in [0.15, 0.2) is 140 Å². The average Bonchev–Trinajstić information content (AvgIpc) is 3.50. The largest absolute Gasteiger partial charge is 0.294 e. The third-order valence-corrected chi connectivity index (χ3v) is 9.12. The number of nitrogens with one attached hydrogen (secondary N) is 1. The second-order valence-electron chi connectivity index (χ2n) is 11.0. The molecule has 0 radical (unpaired) electrons. The molecule has 1 aliphatic rings. The molecule has 0 spiro atoms. The summed E-state index contributed by atoms with van der Waals surface area (Å²) < 4.78 is 0. The normalized spacial score (nSPS) is 19.5. The number of H-pyrrole nitrogens is 1. The maximum absolute atomic E-state index is 15.0. The van der Waals surface area contributed by atoms with Gasteiger partial charge >= 0.3 is 0 Å². The summed E-state index contributed by atoms with van der Waals surface area (Å²) in [6.07, 6.45) is 0. The van der Waals surface area contributed by atoms with E-state index in [-0.39, 0.29) is 23.5 Å². The van der Waals surface area contributed by atoms with Crippen LogP contribution < -0.4 is 0 Å². The topological polar surface area (TPSA) is 45.8 Å². The molecule has 7 rings (SSSR count). The first-order chi connectivity index (χ1) is 21.1. The molecule has 5 heteroatoms. The van der Waals surface area contributed by atoms with Gasteiger partial charge in [-0.2, -0.15) is 5.10 Å². The summed E-state index contributed by atoms with van der Waals surface area (Å²) in [6, 6.07) is 46.1. The van der Waals surface area contributed by atoms with E-state index in [1.54, 1.807) is 0 Å². The van der Waals surface area contributed by atoms with Gasteiger partial charge in [0.25, 0.3) is 0 Å². The van der Waals surface area contributed by atoms with Crippen LogP contribution in [0.5, 0.6) is 0 Å². The highest BCUT2D eigenvalue weighted by atomic mass is 35.5. The summed E-state index contributed by atoms with van der Waals surface area (Å²) in [5.74, 6) is -1.04. The molecule has 0 amide bonds. The van der Waals surface area contributed by atoms with Gasteiger partial charge < -0.3 is 0 Å². The maximum Gasteiger partial charge on any atom is 0.167 e. The molecule has 43 heavy (non-hydrogen) atoms. The lowest BCUT2D eigenvalue weighted by Crippen LogP contribution is -2.38. The SMILES string of the molecule is O=C(c1ccccc1)C1C(c2ccc(Cl)cc2)c2c(-c3ccccc3)n[nH]c2C(c2ccccc2)C1c1ccc(Cl)cc1. The van der Waals surface area contributed by atoms with Crippen molar-refractivity contribution in [1.82, 2.24) is 10.2 Å². The Balaban J connectivity index is 1.58. The van der Waals surface area contributed by atoms with Crippen molar-refractivity contribution in [1.29, 1.82) is 0 Å². The molecule has 0 fully saturated rings. The third-order valence-electron chi connectivity index (χ3n) is 8.61. The number of benzene rings is 5. The molecule has 4 atom stereocenters. The number of aromatic amines is 1. The van der Waals surface area contributed by atoms with E-state index in [9.17, 15) is 4.79 Å². The molecule has 0 saturated carbocycles. The summed E-state index contributed by atoms with van der Waals surface area (Å²) in [7, 11) is 0. The zero-order valence-electron chi connectivity index (χ0n) is 23.2. The van der Waals surface area contributed by atoms with Crippen LogP contribution in [0.2, 0.25) is 10.0 Å². The summed E-state index contributed by atoms with van der Waals surface area (Å²) in [4.78, 5) is 15.0. The van der Waals surface area contributed by atoms with Gasteiger partial charge in [-0.3, -0.25) is 9.89 Å². The van der Waals surface area contributed by atoms with Crippen molar-refractivity contribution in [3.05, 3.63) is 183 Å². The Labute approximate surface area is 261 Å². The lowest BCUT2D eigenvalue weighted by atomic mass is 9.58. The minimum atomic E-state index is -0.456. The minimum Gasteiger partial charge on any atom is -0.294 e. The number of halogens is 2. The molecule has 1 aliphatic carbocycles. The second kappa shape index (κ2) is 11.7. The van der Waals surface area contributed by atoms with Gasteiger partial charge in [0.05, 0.1) is 5.69 Å². The van der Waals surface area contributed by atoms with Gasteiger partial charge in [-0.05, 0) is 41.0 Å². The van der Waals surface area contributed by atoms with Gasteiger partial charge in [-0.1, -0.05) is 138 Å². The Morgan fingerprint density at radius 1 is 0.581 bits per heavy atom. The number of hydrogen-bond acceptors (Lipinski definition) is 2. The maximum atomic E-state index is 15.0. The Kier molecular flexibility index (Phi) is 7.44. The molecule has 1 aromatic heterocycles. The molecule has 1 heterocycles. The second-order valence-corrected chi connectivity index (χ2v) is 11.9. The van der Waals surface area contributed by atoms with E-state index in [1.807, 2.05) is 91.0 Å². The fourth-order valence-electron chi connectivity index (χ4n) is 6.78. The summed E-state index contributed by atoms with van der Waals surface area (Å²) in [5.41, 5.74) is 7.79. The Morgan fingerprint density at radius 2 is 1.09 bits per heavy atom. The number of Topliss-reactive ketones (excluding diaryl/α,β-unsaturated/α-hetero) is 1. The first-order valence-corrected chi connectivity index (χ1v) is 15.1. The van der Waals surface area contributed by atoms with Crippen LogP contribution in [0, 0.1) is 5.92 Å². The van der Waals surface area contributed by atoms with E-state index in [1.165, 1.54) is 0 Å². The minimum absolute atomic E-state index is 0.0901. The van der Waals surface area contributed by atoms with Crippen LogP contribution in [0.1, 0.15) is 56.1 Å². The molecule has 210 valence electrons. The zero-order valence-corrected chi connectivity index (χ0v) is 24.7. The van der Waals surface area contributed by atoms with Crippen molar-refractivity contribution in [3.63, 3.8) is 0 Å². The zero-order chi connectivity index (χ0) is 29.3. The first kappa shape index (κ1) is 27.4. The third kappa shape index (κ3) is 5.09. The number of fused-ring (bicyclic) bond motifs is 1. The molecule has 1 N–H and O–H groups in total. The summed E-state index contributed by atoms with van der Waals surface area (Å²) in [6.45, 7) is 0. The summed E-state index contributed by atoms with van der Waals surface area (Å²) >= 11 is 12.8. The van der Waals surface area contributed by atoms with E-state index in [2.05, 4.69) is 53.6 Å². The monoisotopic (exact) mass is 598 g/mol. The highest BCUT2D eigenvalue weighted by Gasteiger charge is 2.50. The number of carbonyl (C=O) groups excluding carboxylic acids is 1. The van der Waals surface area contributed by atoms with Gasteiger partial charge in [0, 0.05) is 56.1 Å². The molecule has 3 nitrogen and oxygen atoms in total. The van der Waals surface area contributed by atoms with Crippen molar-refractivity contribution in [2.45, 2.75) is 17.8 Å². The van der Waals surface area contributed by atoms with Gasteiger partial charge in [-0.25, -0.2) is 0 Å². The van der Waals surface area contributed by atoms with Crippen LogP contribution in [0.4, 0.5) is 0 Å². The lowest BCUT2D eigenvalue weighted by Gasteiger charge is -2.43. The Morgan fingerprint density at radius 3 is 1.70 bits per heavy atom. The smallest absolute Gasteiger partial charge is 0.167 e. The van der Waals surface area contributed by atoms with Crippen molar-refractivity contribution >= 4 is 29.0 Å². The van der Waals surface area contributed by atoms with Crippen LogP contribution >= 0.6 is 23.2 Å². The van der Waals surface area contributed by atoms with Gasteiger partial charge in [-0.15, -0.1) is 0 Å². The molecular weight excluding hydrogens is 571 g/mol. The van der Waals surface area contributed by atoms with Crippen molar-refractivity contribution < 1.29 is 4.79 Å². The van der Waals surface area contributed by atoms with E-state index in [4.69, 9.17) is 28.3 Å². The van der Waals surface area contributed by atoms with Crippen LogP contribution in [-0.4, -0.2) is 16.0 Å². The van der Waals surface area contributed by atoms with E-state index >= 15 is 0 Å². The van der Waals surface area contributed by atoms with Crippen LogP contribution in [0.3, 0.4) is 0 Å². The van der Waals surface area contributed by atoms with Gasteiger partial charge in [0.15, 0.2) is 5.78 Å². The molecule has 5 aromatic carbocycles. The molecule has 0 aliphatic heterocycles. The number of aromatic nitrogens is 2. The number of ketones is 1. The number of carbonyl (C=O) groups is 1. The summed E-state index contributed by atoms with van der Waals surface area (Å²) in [5, 5.41) is 9.75. The highest BCUT2D eigenvalue weighted by Crippen LogP contribution is 2.58. The first-order valence-electron chi connectivity index (χ1n) is 14.4. The highest BCUT2D eigenvalue weighted by molar-refractivity contribution is 6.30. The number of rotatable bonds is 6. The van der Waals surface area contributed by atoms with E-state index in [0.29, 0.717) is 15.6 Å². The van der Waals surface area contributed by atoms with Crippen molar-refractivity contribution in [2.24, 2.45) is 5.92 Å².